The van der Waals surface area contributed by atoms with Crippen LogP contribution < -0.4 is 5.43 Å². The van der Waals surface area contributed by atoms with Crippen molar-refractivity contribution < 1.29 is 17.6 Å². The minimum atomic E-state index is -4.23. The minimum Gasteiger partial charge on any atom is -0.272 e. The SMILES string of the molecule is O=C(CN(Cc1c(F)cccc1Cl)S(=O)(=O)c1ccc(Cl)cc1)N/N=C\c1ccc(Cl)c(Cl)c1. The maximum Gasteiger partial charge on any atom is 0.255 e. The van der Waals surface area contributed by atoms with E-state index in [1.807, 2.05) is 0 Å². The van der Waals surface area contributed by atoms with Crippen molar-refractivity contribution in [1.29, 1.82) is 0 Å². The lowest BCUT2D eigenvalue weighted by molar-refractivity contribution is -0.121. The number of nitrogens with one attached hydrogen (secondary N) is 1. The van der Waals surface area contributed by atoms with Crippen LogP contribution in [0.4, 0.5) is 4.39 Å². The maximum absolute atomic E-state index is 14.4. The molecule has 3 rings (SSSR count). The largest absolute Gasteiger partial charge is 0.272 e. The predicted molar refractivity (Wildman–Crippen MR) is 133 cm³/mol. The molecule has 1 N–H and O–H groups in total. The minimum absolute atomic E-state index is 0.0225. The molecule has 0 aromatic heterocycles. The molecule has 0 fully saturated rings. The van der Waals surface area contributed by atoms with Crippen molar-refractivity contribution in [2.45, 2.75) is 11.4 Å². The van der Waals surface area contributed by atoms with Crippen LogP contribution in [0.25, 0.3) is 0 Å². The van der Waals surface area contributed by atoms with E-state index in [0.717, 1.165) is 10.4 Å². The number of benzene rings is 3. The van der Waals surface area contributed by atoms with Crippen LogP contribution in [-0.2, 0) is 21.4 Å². The van der Waals surface area contributed by atoms with Gasteiger partial charge in [-0.15, -0.1) is 0 Å². The fourth-order valence-corrected chi connectivity index (χ4v) is 4.83. The van der Waals surface area contributed by atoms with E-state index in [0.29, 0.717) is 20.6 Å². The lowest BCUT2D eigenvalue weighted by Crippen LogP contribution is -2.39. The highest BCUT2D eigenvalue weighted by Gasteiger charge is 2.28. The molecule has 0 aliphatic rings. The number of hydrogen-bond acceptors (Lipinski definition) is 4. The number of hydrogen-bond donors (Lipinski definition) is 1. The Kier molecular flexibility index (Phi) is 8.92. The molecule has 0 bridgehead atoms. The van der Waals surface area contributed by atoms with Crippen molar-refractivity contribution in [3.8, 4) is 0 Å². The summed E-state index contributed by atoms with van der Waals surface area (Å²) in [6.45, 7) is -1.14. The molecule has 6 nitrogen and oxygen atoms in total. The molecule has 3 aromatic rings. The Morgan fingerprint density at radius 3 is 2.32 bits per heavy atom. The number of carbonyl (C=O) groups is 1. The molecule has 0 aliphatic carbocycles. The van der Waals surface area contributed by atoms with Crippen molar-refractivity contribution >= 4 is 68.5 Å². The zero-order valence-corrected chi connectivity index (χ0v) is 21.0. The van der Waals surface area contributed by atoms with Gasteiger partial charge in [-0.05, 0) is 54.1 Å². The van der Waals surface area contributed by atoms with Crippen LogP contribution in [0.5, 0.6) is 0 Å². The molecule has 0 atom stereocenters. The van der Waals surface area contributed by atoms with Crippen molar-refractivity contribution in [2.75, 3.05) is 6.54 Å². The summed E-state index contributed by atoms with van der Waals surface area (Å²) in [5.74, 6) is -1.47. The molecule has 0 radical (unpaired) electrons. The van der Waals surface area contributed by atoms with Crippen molar-refractivity contribution in [3.63, 3.8) is 0 Å². The molecule has 0 unspecified atom stereocenters. The third kappa shape index (κ3) is 6.69. The summed E-state index contributed by atoms with van der Waals surface area (Å²) in [7, 11) is -4.23. The summed E-state index contributed by atoms with van der Waals surface area (Å²) < 4.78 is 41.7. The fourth-order valence-electron chi connectivity index (χ4n) is 2.81. The molecule has 0 aliphatic heterocycles. The molecule has 34 heavy (non-hydrogen) atoms. The smallest absolute Gasteiger partial charge is 0.255 e. The Morgan fingerprint density at radius 1 is 0.971 bits per heavy atom. The Labute approximate surface area is 215 Å². The second kappa shape index (κ2) is 11.5. The van der Waals surface area contributed by atoms with E-state index in [9.17, 15) is 17.6 Å². The van der Waals surface area contributed by atoms with Crippen LogP contribution in [0.1, 0.15) is 11.1 Å². The molecular weight excluding hydrogens is 547 g/mol. The average Bonchev–Trinajstić information content (AvgIpc) is 2.78. The van der Waals surface area contributed by atoms with Crippen LogP contribution in [-0.4, -0.2) is 31.4 Å². The highest BCUT2D eigenvalue weighted by atomic mass is 35.5. The van der Waals surface area contributed by atoms with Crippen LogP contribution in [0, 0.1) is 5.82 Å². The Balaban J connectivity index is 1.84. The number of nitrogens with zero attached hydrogens (tertiary/aromatic N) is 2. The topological polar surface area (TPSA) is 78.8 Å². The van der Waals surface area contributed by atoms with E-state index in [1.54, 1.807) is 12.1 Å². The lowest BCUT2D eigenvalue weighted by Gasteiger charge is -2.22. The third-order valence-electron chi connectivity index (χ3n) is 4.51. The van der Waals surface area contributed by atoms with Crippen LogP contribution >= 0.6 is 46.4 Å². The summed E-state index contributed by atoms with van der Waals surface area (Å²) in [6.07, 6.45) is 1.31. The van der Waals surface area contributed by atoms with Gasteiger partial charge in [0.15, 0.2) is 0 Å². The Bertz CT molecular complexity index is 1320. The van der Waals surface area contributed by atoms with Gasteiger partial charge in [0.25, 0.3) is 5.91 Å². The summed E-state index contributed by atoms with van der Waals surface area (Å²) in [5.41, 5.74) is 2.72. The second-order valence-corrected chi connectivity index (χ2v) is 10.5. The maximum atomic E-state index is 14.4. The summed E-state index contributed by atoms with van der Waals surface area (Å²) in [5, 5.41) is 4.83. The highest BCUT2D eigenvalue weighted by Crippen LogP contribution is 2.25. The normalized spacial score (nSPS) is 11.8. The van der Waals surface area contributed by atoms with Crippen molar-refractivity contribution in [3.05, 3.63) is 97.7 Å². The van der Waals surface area contributed by atoms with E-state index >= 15 is 0 Å². The second-order valence-electron chi connectivity index (χ2n) is 6.89. The van der Waals surface area contributed by atoms with Crippen LogP contribution in [0.2, 0.25) is 20.1 Å². The first-order valence-corrected chi connectivity index (χ1v) is 12.5. The van der Waals surface area contributed by atoms with Gasteiger partial charge in [0.1, 0.15) is 5.82 Å². The van der Waals surface area contributed by atoms with Gasteiger partial charge in [0.05, 0.1) is 27.7 Å². The first-order valence-electron chi connectivity index (χ1n) is 9.53. The van der Waals surface area contributed by atoms with Gasteiger partial charge >= 0.3 is 0 Å². The van der Waals surface area contributed by atoms with Gasteiger partial charge in [0, 0.05) is 22.2 Å². The summed E-state index contributed by atoms with van der Waals surface area (Å²) >= 11 is 23.7. The van der Waals surface area contributed by atoms with E-state index in [2.05, 4.69) is 10.5 Å². The molecule has 3 aromatic carbocycles. The molecule has 0 saturated carbocycles. The van der Waals surface area contributed by atoms with Crippen molar-refractivity contribution in [2.24, 2.45) is 5.10 Å². The number of carbonyl (C=O) groups excluding carboxylic acids is 1. The van der Waals surface area contributed by atoms with E-state index in [1.165, 1.54) is 48.7 Å². The molecule has 0 heterocycles. The van der Waals surface area contributed by atoms with Crippen LogP contribution in [0.3, 0.4) is 0 Å². The number of halogens is 5. The first-order chi connectivity index (χ1) is 16.1. The van der Waals surface area contributed by atoms with Gasteiger partial charge < -0.3 is 0 Å². The number of sulfonamides is 1. The Hall–Kier alpha value is -2.20. The lowest BCUT2D eigenvalue weighted by atomic mass is 10.2. The molecule has 12 heteroatoms. The summed E-state index contributed by atoms with van der Waals surface area (Å²) in [4.78, 5) is 12.4. The fraction of sp³-hybridized carbons (Fsp3) is 0.0909. The molecule has 1 amide bonds. The van der Waals surface area contributed by atoms with E-state index in [4.69, 9.17) is 46.4 Å². The zero-order chi connectivity index (χ0) is 24.9. The first kappa shape index (κ1) is 26.4. The highest BCUT2D eigenvalue weighted by molar-refractivity contribution is 7.89. The van der Waals surface area contributed by atoms with Gasteiger partial charge in [0.2, 0.25) is 10.0 Å². The number of amides is 1. The van der Waals surface area contributed by atoms with Gasteiger partial charge in [-0.2, -0.15) is 9.41 Å². The zero-order valence-electron chi connectivity index (χ0n) is 17.2. The van der Waals surface area contributed by atoms with Crippen LogP contribution in [0.15, 0.2) is 70.7 Å². The third-order valence-corrected chi connectivity index (χ3v) is 7.67. The molecule has 178 valence electrons. The molecule has 0 spiro atoms. The number of hydrazone groups is 1. The average molecular weight is 563 g/mol. The van der Waals surface area contributed by atoms with Gasteiger partial charge in [-0.1, -0.05) is 58.5 Å². The Morgan fingerprint density at radius 2 is 1.68 bits per heavy atom. The van der Waals surface area contributed by atoms with Gasteiger partial charge in [-0.3, -0.25) is 4.79 Å². The monoisotopic (exact) mass is 561 g/mol. The number of rotatable bonds is 8. The van der Waals surface area contributed by atoms with Crippen molar-refractivity contribution in [1.82, 2.24) is 9.73 Å². The predicted octanol–water partition coefficient (Wildman–Crippen LogP) is 5.78. The quantitative estimate of drug-likeness (QED) is 0.279. The summed E-state index contributed by atoms with van der Waals surface area (Å²) in [6, 6.07) is 14.1. The van der Waals surface area contributed by atoms with Gasteiger partial charge in [-0.25, -0.2) is 18.2 Å². The molecule has 0 saturated heterocycles. The van der Waals surface area contributed by atoms with E-state index in [-0.39, 0.29) is 15.5 Å². The molecular formula is C22H16Cl4FN3O3S. The van der Waals surface area contributed by atoms with E-state index < -0.39 is 34.8 Å². The standard InChI is InChI=1S/C22H16Cl4FN3O3S/c23-15-5-7-16(8-6-15)34(32,33)30(12-17-18(24)2-1-3-21(17)27)13-22(31)29-28-11-14-4-9-19(25)20(26)10-14/h1-11H,12-13H2,(H,29,31)/b28-11-.